The van der Waals surface area contributed by atoms with E-state index in [-0.39, 0.29) is 5.60 Å². The van der Waals surface area contributed by atoms with Gasteiger partial charge in [0.05, 0.1) is 0 Å². The van der Waals surface area contributed by atoms with Crippen LogP contribution >= 0.6 is 0 Å². The molecular weight excluding hydrogens is 227 g/mol. The summed E-state index contributed by atoms with van der Waals surface area (Å²) >= 11 is 0. The Morgan fingerprint density at radius 2 is 1.61 bits per heavy atom. The normalized spacial score (nSPS) is 12.4. The van der Waals surface area contributed by atoms with E-state index < -0.39 is 6.17 Å². The van der Waals surface area contributed by atoms with Crippen molar-refractivity contribution in [3.63, 3.8) is 0 Å². The van der Waals surface area contributed by atoms with Gasteiger partial charge in [0.25, 0.3) is 0 Å². The van der Waals surface area contributed by atoms with Crippen molar-refractivity contribution in [3.8, 4) is 5.75 Å². The fraction of sp³-hybridized carbons (Fsp3) is 0.625. The van der Waals surface area contributed by atoms with Crippen LogP contribution in [0.25, 0.3) is 0 Å². The molecule has 0 N–H and O–H groups in total. The largest absolute Gasteiger partial charge is 0.488 e. The van der Waals surface area contributed by atoms with Gasteiger partial charge in [0.1, 0.15) is 17.5 Å². The van der Waals surface area contributed by atoms with Crippen molar-refractivity contribution in [3.05, 3.63) is 29.8 Å². The molecule has 0 aliphatic rings. The molecule has 1 nitrogen and oxygen atoms in total. The highest BCUT2D eigenvalue weighted by molar-refractivity contribution is 5.29. The number of hydrogen-bond acceptors (Lipinski definition) is 1. The van der Waals surface area contributed by atoms with Crippen LogP contribution in [-0.2, 0) is 0 Å². The van der Waals surface area contributed by atoms with Crippen LogP contribution in [0.4, 0.5) is 4.39 Å². The second-order valence-corrected chi connectivity index (χ2v) is 5.04. The van der Waals surface area contributed by atoms with Gasteiger partial charge in [-0.25, -0.2) is 4.39 Å². The first-order chi connectivity index (χ1) is 8.42. The van der Waals surface area contributed by atoms with Crippen LogP contribution in [0, 0.1) is 0 Å². The Morgan fingerprint density at radius 3 is 2.00 bits per heavy atom. The van der Waals surface area contributed by atoms with Crippen molar-refractivity contribution in [2.45, 2.75) is 66.2 Å². The summed E-state index contributed by atoms with van der Waals surface area (Å²) in [5.41, 5.74) is 0.531. The Kier molecular flexibility index (Phi) is 7.65. The lowest BCUT2D eigenvalue weighted by atomic mass is 10.1. The van der Waals surface area contributed by atoms with Crippen LogP contribution in [-0.4, -0.2) is 5.60 Å². The van der Waals surface area contributed by atoms with Gasteiger partial charge in [-0.05, 0) is 44.9 Å². The van der Waals surface area contributed by atoms with E-state index in [4.69, 9.17) is 4.74 Å². The van der Waals surface area contributed by atoms with E-state index in [1.165, 1.54) is 0 Å². The third-order valence-electron chi connectivity index (χ3n) is 2.21. The molecule has 0 bridgehead atoms. The van der Waals surface area contributed by atoms with Crippen LogP contribution in [0.2, 0.25) is 0 Å². The van der Waals surface area contributed by atoms with E-state index in [2.05, 4.69) is 0 Å². The van der Waals surface area contributed by atoms with E-state index in [1.54, 1.807) is 12.1 Å². The number of alkyl halides is 1. The SMILES string of the molecule is CC.CCCC(F)c1ccc(OC(C)(C)C)cc1. The molecule has 0 amide bonds. The molecule has 0 aromatic heterocycles. The predicted molar refractivity (Wildman–Crippen MR) is 76.9 cm³/mol. The first kappa shape index (κ1) is 16.9. The number of rotatable bonds is 4. The summed E-state index contributed by atoms with van der Waals surface area (Å²) in [7, 11) is 0. The average molecular weight is 254 g/mol. The Balaban J connectivity index is 0.00000137. The Hall–Kier alpha value is -1.05. The Morgan fingerprint density at radius 1 is 1.11 bits per heavy atom. The van der Waals surface area contributed by atoms with Crippen LogP contribution in [0.3, 0.4) is 0 Å². The first-order valence-electron chi connectivity index (χ1n) is 6.85. The monoisotopic (exact) mass is 254 g/mol. The lowest BCUT2D eigenvalue weighted by Crippen LogP contribution is -2.22. The third-order valence-corrected chi connectivity index (χ3v) is 2.21. The Bertz CT molecular complexity index is 311. The van der Waals surface area contributed by atoms with Gasteiger partial charge in [0.15, 0.2) is 0 Å². The molecule has 104 valence electrons. The molecule has 1 rings (SSSR count). The van der Waals surface area contributed by atoms with Crippen molar-refractivity contribution in [2.75, 3.05) is 0 Å². The van der Waals surface area contributed by atoms with Gasteiger partial charge in [0, 0.05) is 0 Å². The van der Waals surface area contributed by atoms with Crippen LogP contribution < -0.4 is 4.74 Å². The van der Waals surface area contributed by atoms with E-state index in [9.17, 15) is 4.39 Å². The molecule has 0 fully saturated rings. The van der Waals surface area contributed by atoms with Gasteiger partial charge in [-0.1, -0.05) is 39.3 Å². The number of ether oxygens (including phenoxy) is 1. The second kappa shape index (κ2) is 8.12. The second-order valence-electron chi connectivity index (χ2n) is 5.04. The first-order valence-corrected chi connectivity index (χ1v) is 6.85. The van der Waals surface area contributed by atoms with Crippen LogP contribution in [0.15, 0.2) is 24.3 Å². The van der Waals surface area contributed by atoms with Crippen molar-refractivity contribution >= 4 is 0 Å². The molecule has 0 spiro atoms. The number of benzene rings is 1. The molecule has 0 saturated heterocycles. The third kappa shape index (κ3) is 6.63. The van der Waals surface area contributed by atoms with Crippen LogP contribution in [0.1, 0.15) is 66.1 Å². The minimum absolute atomic E-state index is 0.208. The maximum atomic E-state index is 13.6. The van der Waals surface area contributed by atoms with Crippen molar-refractivity contribution < 1.29 is 9.13 Å². The van der Waals surface area contributed by atoms with E-state index >= 15 is 0 Å². The van der Waals surface area contributed by atoms with E-state index in [0.29, 0.717) is 6.42 Å². The summed E-state index contributed by atoms with van der Waals surface area (Å²) in [4.78, 5) is 0. The summed E-state index contributed by atoms with van der Waals surface area (Å²) in [5.74, 6) is 0.792. The molecule has 18 heavy (non-hydrogen) atoms. The molecule has 1 atom stereocenters. The zero-order chi connectivity index (χ0) is 14.2. The molecule has 0 saturated carbocycles. The fourth-order valence-electron chi connectivity index (χ4n) is 1.52. The van der Waals surface area contributed by atoms with Crippen molar-refractivity contribution in [1.82, 2.24) is 0 Å². The Labute approximate surface area is 111 Å². The molecule has 0 aliphatic heterocycles. The average Bonchev–Trinajstić information content (AvgIpc) is 2.31. The van der Waals surface area contributed by atoms with Gasteiger partial charge < -0.3 is 4.74 Å². The van der Waals surface area contributed by atoms with Gasteiger partial charge in [0.2, 0.25) is 0 Å². The zero-order valence-corrected chi connectivity index (χ0v) is 12.6. The van der Waals surface area contributed by atoms with Gasteiger partial charge >= 0.3 is 0 Å². The van der Waals surface area contributed by atoms with Crippen molar-refractivity contribution in [2.24, 2.45) is 0 Å². The quantitative estimate of drug-likeness (QED) is 0.669. The minimum atomic E-state index is -0.853. The molecule has 0 aliphatic carbocycles. The molecule has 0 heterocycles. The zero-order valence-electron chi connectivity index (χ0n) is 12.6. The molecular formula is C16H27FO. The summed E-state index contributed by atoms with van der Waals surface area (Å²) in [6, 6.07) is 7.29. The summed E-state index contributed by atoms with van der Waals surface area (Å²) in [6.07, 6.45) is 0.592. The fourth-order valence-corrected chi connectivity index (χ4v) is 1.52. The number of hydrogen-bond donors (Lipinski definition) is 0. The molecule has 1 unspecified atom stereocenters. The smallest absolute Gasteiger partial charge is 0.125 e. The van der Waals surface area contributed by atoms with E-state index in [0.717, 1.165) is 17.7 Å². The molecule has 2 heteroatoms. The number of halogens is 1. The van der Waals surface area contributed by atoms with Gasteiger partial charge in [-0.2, -0.15) is 0 Å². The lowest BCUT2D eigenvalue weighted by Gasteiger charge is -2.21. The molecule has 1 aromatic carbocycles. The minimum Gasteiger partial charge on any atom is -0.488 e. The summed E-state index contributed by atoms with van der Waals surface area (Å²) in [5, 5.41) is 0. The maximum Gasteiger partial charge on any atom is 0.125 e. The molecule has 1 aromatic rings. The molecule has 0 radical (unpaired) electrons. The van der Waals surface area contributed by atoms with Crippen LogP contribution in [0.5, 0.6) is 5.75 Å². The van der Waals surface area contributed by atoms with E-state index in [1.807, 2.05) is 53.7 Å². The highest BCUT2D eigenvalue weighted by Crippen LogP contribution is 2.25. The highest BCUT2D eigenvalue weighted by Gasteiger charge is 2.12. The summed E-state index contributed by atoms with van der Waals surface area (Å²) < 4.78 is 19.2. The maximum absolute atomic E-state index is 13.6. The topological polar surface area (TPSA) is 9.23 Å². The van der Waals surface area contributed by atoms with Crippen molar-refractivity contribution in [1.29, 1.82) is 0 Å². The lowest BCUT2D eigenvalue weighted by molar-refractivity contribution is 0.131. The van der Waals surface area contributed by atoms with Gasteiger partial charge in [-0.3, -0.25) is 0 Å². The predicted octanol–water partition coefficient (Wildman–Crippen LogP) is 5.70. The standard InChI is InChI=1S/C14H21FO.C2H6/c1-5-6-13(15)11-7-9-12(10-8-11)16-14(2,3)4;1-2/h7-10,13H,5-6H2,1-4H3;1-2H3. The highest BCUT2D eigenvalue weighted by atomic mass is 19.1. The van der Waals surface area contributed by atoms with Gasteiger partial charge in [-0.15, -0.1) is 0 Å². The summed E-state index contributed by atoms with van der Waals surface area (Å²) in [6.45, 7) is 12.0.